The van der Waals surface area contributed by atoms with Gasteiger partial charge in [-0.1, -0.05) is 50.3 Å². The predicted molar refractivity (Wildman–Crippen MR) is 234 cm³/mol. The van der Waals surface area contributed by atoms with Crippen LogP contribution < -0.4 is 4.90 Å². The van der Waals surface area contributed by atoms with Crippen LogP contribution in [0.2, 0.25) is 0 Å². The molecule has 2 unspecified atom stereocenters. The normalized spacial score (nSPS) is 35.1. The van der Waals surface area contributed by atoms with E-state index in [1.165, 1.54) is 14.0 Å². The molecule has 7 N–H and O–H groups in total. The fraction of sp³-hybridized carbons (Fsp3) is 0.587. The number of esters is 2. The van der Waals surface area contributed by atoms with Crippen LogP contribution in [-0.4, -0.2) is 153 Å². The van der Waals surface area contributed by atoms with Crippen LogP contribution in [0.15, 0.2) is 48.6 Å². The largest absolute Gasteiger partial charge is 0.467 e. The van der Waals surface area contributed by atoms with E-state index in [0.29, 0.717) is 87.3 Å². The minimum atomic E-state index is -4.67. The first-order valence-electron chi connectivity index (χ1n) is 22.0. The molecule has 2 bridgehead atoms. The highest BCUT2D eigenvalue weighted by molar-refractivity contribution is 7.79. The molecule has 3 aromatic rings. The van der Waals surface area contributed by atoms with Gasteiger partial charge in [-0.25, -0.2) is 4.79 Å². The average molecular weight is 909 g/mol. The van der Waals surface area contributed by atoms with Crippen LogP contribution in [-0.2, 0) is 58.1 Å². The number of para-hydroxylation sites is 1. The van der Waals surface area contributed by atoms with Crippen molar-refractivity contribution >= 4 is 44.7 Å². The number of ketones is 1. The summed E-state index contributed by atoms with van der Waals surface area (Å²) >= 11 is 0. The Morgan fingerprint density at radius 3 is 2.34 bits per heavy atom. The minimum absolute atomic E-state index is 0.156. The number of hydrogen-bond acceptors (Lipinski definition) is 14. The summed E-state index contributed by atoms with van der Waals surface area (Å²) in [4.78, 5) is 52.9. The van der Waals surface area contributed by atoms with Crippen molar-refractivity contribution in [3.05, 3.63) is 76.5 Å². The number of carbonyl (C=O) groups is 3. The van der Waals surface area contributed by atoms with Crippen LogP contribution in [0.3, 0.4) is 0 Å². The lowest BCUT2D eigenvalue weighted by Gasteiger charge is -2.63. The first-order valence-corrected chi connectivity index (χ1v) is 23.4. The summed E-state index contributed by atoms with van der Waals surface area (Å²) in [7, 11) is -1.61. The summed E-state index contributed by atoms with van der Waals surface area (Å²) in [5, 5.41) is 48.9. The molecule has 1 saturated carbocycles. The molecule has 3 fully saturated rings. The number of anilines is 1. The average Bonchev–Trinajstić information content (AvgIpc) is 3.92. The molecular formula is C46H60N4O13S. The van der Waals surface area contributed by atoms with Crippen LogP contribution in [0.25, 0.3) is 10.9 Å². The number of Topliss-reactive ketones (excluding diaryl/α,β-unsaturated/α-hetero) is 1. The van der Waals surface area contributed by atoms with Crippen molar-refractivity contribution in [2.75, 3.05) is 58.4 Å². The van der Waals surface area contributed by atoms with Gasteiger partial charge in [0.15, 0.2) is 11.9 Å². The van der Waals surface area contributed by atoms with Gasteiger partial charge in [-0.2, -0.15) is 8.42 Å². The van der Waals surface area contributed by atoms with Gasteiger partial charge < -0.3 is 39.8 Å². The van der Waals surface area contributed by atoms with E-state index in [0.717, 1.165) is 22.0 Å². The number of aromatic amines is 1. The summed E-state index contributed by atoms with van der Waals surface area (Å²) < 4.78 is 43.2. The molecule has 1 aromatic heterocycles. The number of ether oxygens (including phenoxy) is 2. The van der Waals surface area contributed by atoms with Crippen molar-refractivity contribution < 1.29 is 61.8 Å². The number of benzene rings is 2. The van der Waals surface area contributed by atoms with Crippen molar-refractivity contribution in [2.24, 2.45) is 11.3 Å². The highest BCUT2D eigenvalue weighted by Gasteiger charge is 2.80. The number of rotatable bonds is 8. The number of aromatic nitrogens is 1. The second-order valence-corrected chi connectivity index (χ2v) is 19.8. The van der Waals surface area contributed by atoms with Crippen LogP contribution >= 0.6 is 0 Å². The Morgan fingerprint density at radius 2 is 1.70 bits per heavy atom. The van der Waals surface area contributed by atoms with E-state index in [1.54, 1.807) is 0 Å². The highest BCUT2D eigenvalue weighted by Crippen LogP contribution is 2.68. The fourth-order valence-electron chi connectivity index (χ4n) is 13.7. The molecule has 2 aromatic carbocycles. The zero-order valence-electron chi connectivity index (χ0n) is 36.9. The van der Waals surface area contributed by atoms with Gasteiger partial charge in [-0.05, 0) is 85.4 Å². The number of fused-ring (bicyclic) bond motifs is 6. The first-order chi connectivity index (χ1) is 30.2. The zero-order valence-corrected chi connectivity index (χ0v) is 37.7. The van der Waals surface area contributed by atoms with Gasteiger partial charge in [0.05, 0.1) is 30.8 Å². The smallest absolute Gasteiger partial charge is 0.394 e. The Morgan fingerprint density at radius 1 is 0.984 bits per heavy atom. The number of nitrogens with one attached hydrogen (secondary N) is 1. The van der Waals surface area contributed by atoms with E-state index in [1.807, 2.05) is 68.3 Å². The SMILES string of the molecule is CC[C@]1(O)C[C@H]2CN(CCc3c([nH]c4ccccc34)[C@@](C(=O)CO)(c3cc4c(cc3CO)N(C)[C@@H]3C45CCN4CC=C[C@](CC)([C@H]45)[C@@H](OC(C)=O)[C@]3(O)C(=O)OC)C2)C1.O=S(=O)(O)O. The summed E-state index contributed by atoms with van der Waals surface area (Å²) in [6.07, 6.45) is 5.60. The Balaban J connectivity index is 0.00000106. The van der Waals surface area contributed by atoms with Gasteiger partial charge in [-0.15, -0.1) is 0 Å². The van der Waals surface area contributed by atoms with Crippen LogP contribution in [0.5, 0.6) is 0 Å². The van der Waals surface area contributed by atoms with E-state index in [4.69, 9.17) is 27.0 Å². The molecule has 348 valence electrons. The number of nitrogens with zero attached hydrogens (tertiary/aromatic N) is 3. The third kappa shape index (κ3) is 6.77. The second-order valence-electron chi connectivity index (χ2n) is 18.9. The van der Waals surface area contributed by atoms with Gasteiger partial charge in [-0.3, -0.25) is 28.5 Å². The molecule has 1 spiro atoms. The van der Waals surface area contributed by atoms with Crippen LogP contribution in [0, 0.1) is 11.3 Å². The summed E-state index contributed by atoms with van der Waals surface area (Å²) in [6, 6.07) is 10.6. The molecule has 10 atom stereocenters. The molecule has 64 heavy (non-hydrogen) atoms. The fourth-order valence-corrected chi connectivity index (χ4v) is 13.7. The third-order valence-corrected chi connectivity index (χ3v) is 15.8. The summed E-state index contributed by atoms with van der Waals surface area (Å²) in [6.45, 7) is 7.17. The molecule has 1 aliphatic carbocycles. The molecule has 2 saturated heterocycles. The highest BCUT2D eigenvalue weighted by atomic mass is 32.3. The van der Waals surface area contributed by atoms with Gasteiger partial charge in [0.1, 0.15) is 6.61 Å². The third-order valence-electron chi connectivity index (χ3n) is 15.8. The lowest BCUT2D eigenvalue weighted by molar-refractivity contribution is -0.228. The number of aliphatic hydroxyl groups is 4. The van der Waals surface area contributed by atoms with E-state index >= 15 is 4.79 Å². The molecule has 0 radical (unpaired) electrons. The minimum Gasteiger partial charge on any atom is -0.467 e. The molecule has 18 heteroatoms. The van der Waals surface area contributed by atoms with Crippen molar-refractivity contribution in [2.45, 2.75) is 106 Å². The first kappa shape index (κ1) is 46.3. The van der Waals surface area contributed by atoms with Crippen molar-refractivity contribution in [1.82, 2.24) is 14.8 Å². The Hall–Kier alpha value is -4.24. The van der Waals surface area contributed by atoms with E-state index in [-0.39, 0.29) is 18.4 Å². The maximum atomic E-state index is 15.3. The summed E-state index contributed by atoms with van der Waals surface area (Å²) in [5.41, 5.74) is -1.71. The molecule has 6 heterocycles. The number of likely N-dealkylation sites (N-methyl/N-ethyl adjacent to an activating group) is 1. The predicted octanol–water partition coefficient (Wildman–Crippen LogP) is 2.21. The van der Waals surface area contributed by atoms with Gasteiger partial charge >= 0.3 is 22.3 Å². The number of methoxy groups -OCH3 is 1. The van der Waals surface area contributed by atoms with Gasteiger partial charge in [0.2, 0.25) is 5.60 Å². The Labute approximate surface area is 372 Å². The quantitative estimate of drug-likeness (QED) is 0.0973. The van der Waals surface area contributed by atoms with Crippen molar-refractivity contribution in [3.63, 3.8) is 0 Å². The van der Waals surface area contributed by atoms with Gasteiger partial charge in [0, 0.05) is 79.3 Å². The maximum Gasteiger partial charge on any atom is 0.394 e. The monoisotopic (exact) mass is 908 g/mol. The second kappa shape index (κ2) is 16.3. The maximum absolute atomic E-state index is 15.3. The summed E-state index contributed by atoms with van der Waals surface area (Å²) in [5.74, 6) is -2.10. The zero-order chi connectivity index (χ0) is 46.4. The Kier molecular flexibility index (Phi) is 11.8. The van der Waals surface area contributed by atoms with Crippen molar-refractivity contribution in [3.8, 4) is 0 Å². The van der Waals surface area contributed by atoms with Crippen molar-refractivity contribution in [1.29, 1.82) is 0 Å². The lowest BCUT2D eigenvalue weighted by Crippen LogP contribution is -2.81. The number of hydrogen-bond donors (Lipinski definition) is 7. The molecule has 5 aliphatic heterocycles. The van der Waals surface area contributed by atoms with Gasteiger partial charge in [0.25, 0.3) is 0 Å². The van der Waals surface area contributed by atoms with Crippen LogP contribution in [0.1, 0.15) is 80.8 Å². The van der Waals surface area contributed by atoms with E-state index < -0.39 is 80.9 Å². The molecular weight excluding hydrogens is 849 g/mol. The number of piperidine rings is 1. The number of aliphatic hydroxyl groups excluding tert-OH is 2. The Bertz CT molecular complexity index is 2500. The lowest BCUT2D eigenvalue weighted by atomic mass is 9.47. The van der Waals surface area contributed by atoms with E-state index in [2.05, 4.69) is 20.9 Å². The van der Waals surface area contributed by atoms with E-state index in [9.17, 15) is 30.0 Å². The number of H-pyrrole nitrogens is 1. The molecule has 9 rings (SSSR count). The molecule has 0 amide bonds. The molecule has 6 aliphatic rings. The number of carbonyl (C=O) groups excluding carboxylic acids is 3. The van der Waals surface area contributed by atoms with Crippen LogP contribution in [0.4, 0.5) is 5.69 Å². The topological polar surface area (TPSA) is 251 Å². The standard InChI is InChI=1S/C46H58N4O9.H2O4S/c1-6-42(56)21-28-22-45(36(54)25-52,37-31(13-17-49(23-28)26-42)30-11-8-9-12-34(30)47-37)32-20-33-35(19-29(32)24-51)48(4)39-44(33)15-18-50-16-10-14-43(7-2,38(44)50)40(59-27(3)53)46(39,57)41(55)58-5;1-5(2,3)4/h8-12,14,19-20,28,38-40,47,51-52,56-57H,6-7,13,15-18,21-26H2,1-5H3;(H2,1,2,3,4)/t28-,38+,39-,40-,42+,43-,44?,45-,46+;/m1./s1. The molecule has 17 nitrogen and oxygen atoms in total.